The molecule has 31 heavy (non-hydrogen) atoms. The normalized spacial score (nSPS) is 16.4. The smallest absolute Gasteiger partial charge is 0.330 e. The number of anilines is 1. The maximum Gasteiger partial charge on any atom is 0.330 e. The number of nitrogens with one attached hydrogen (secondary N) is 1. The van der Waals surface area contributed by atoms with Gasteiger partial charge >= 0.3 is 5.69 Å². The molecule has 1 unspecified atom stereocenters. The molecule has 1 aromatic carbocycles. The van der Waals surface area contributed by atoms with Crippen molar-refractivity contribution in [3.63, 3.8) is 0 Å². The van der Waals surface area contributed by atoms with Crippen LogP contribution in [0.25, 0.3) is 0 Å². The van der Waals surface area contributed by atoms with Crippen molar-refractivity contribution in [3.05, 3.63) is 50.2 Å². The van der Waals surface area contributed by atoms with Crippen LogP contribution in [0.1, 0.15) is 34.8 Å². The third kappa shape index (κ3) is 4.64. The SMILES string of the molecule is COCCn1c(N)c(C(=O)CN2CCCC2c2cc(OC)ccc2OC)c(=O)[nH]c1=O. The first kappa shape index (κ1) is 22.6. The highest BCUT2D eigenvalue weighted by atomic mass is 16.5. The van der Waals surface area contributed by atoms with Crippen LogP contribution in [0.15, 0.2) is 27.8 Å². The summed E-state index contributed by atoms with van der Waals surface area (Å²) in [6.07, 6.45) is 1.72. The fraction of sp³-hybridized carbons (Fsp3) is 0.476. The molecule has 0 bridgehead atoms. The standard InChI is InChI=1S/C21H28N4O6/c1-29-10-9-25-19(22)18(20(27)23-21(25)28)16(26)12-24-8-4-5-15(24)14-11-13(30-2)6-7-17(14)31-3/h6-7,11,15H,4-5,8-10,12,22H2,1-3H3,(H,23,27,28). The van der Waals surface area contributed by atoms with E-state index in [9.17, 15) is 14.4 Å². The highest BCUT2D eigenvalue weighted by Gasteiger charge is 2.31. The number of rotatable bonds is 9. The van der Waals surface area contributed by atoms with Gasteiger partial charge in [0, 0.05) is 18.7 Å². The Morgan fingerprint density at radius 1 is 1.23 bits per heavy atom. The maximum absolute atomic E-state index is 13.1. The van der Waals surface area contributed by atoms with Gasteiger partial charge in [0.15, 0.2) is 5.78 Å². The molecular weight excluding hydrogens is 404 g/mol. The fourth-order valence-corrected chi connectivity index (χ4v) is 3.99. The van der Waals surface area contributed by atoms with Crippen LogP contribution in [-0.2, 0) is 11.3 Å². The summed E-state index contributed by atoms with van der Waals surface area (Å²) >= 11 is 0. The molecule has 168 valence electrons. The number of H-pyrrole nitrogens is 1. The number of ketones is 1. The molecule has 1 saturated heterocycles. The number of Topliss-reactive ketones (excluding diaryl/α,β-unsaturated/α-hetero) is 1. The van der Waals surface area contributed by atoms with E-state index in [2.05, 4.69) is 4.98 Å². The summed E-state index contributed by atoms with van der Waals surface area (Å²) in [6.45, 7) is 1.01. The molecule has 0 saturated carbocycles. The predicted molar refractivity (Wildman–Crippen MR) is 115 cm³/mol. The van der Waals surface area contributed by atoms with E-state index in [1.165, 1.54) is 7.11 Å². The molecule has 0 aliphatic carbocycles. The molecule has 1 atom stereocenters. The Morgan fingerprint density at radius 2 is 2.00 bits per heavy atom. The van der Waals surface area contributed by atoms with E-state index < -0.39 is 17.0 Å². The van der Waals surface area contributed by atoms with Gasteiger partial charge in [0.25, 0.3) is 5.56 Å². The number of aromatic amines is 1. The van der Waals surface area contributed by atoms with Crippen molar-refractivity contribution in [1.82, 2.24) is 14.5 Å². The fourth-order valence-electron chi connectivity index (χ4n) is 3.99. The van der Waals surface area contributed by atoms with Crippen molar-refractivity contribution in [2.45, 2.75) is 25.4 Å². The van der Waals surface area contributed by atoms with Crippen molar-refractivity contribution >= 4 is 11.6 Å². The Labute approximate surface area is 179 Å². The molecule has 0 radical (unpaired) electrons. The number of aromatic nitrogens is 2. The highest BCUT2D eigenvalue weighted by Crippen LogP contribution is 2.38. The van der Waals surface area contributed by atoms with E-state index >= 15 is 0 Å². The Bertz CT molecular complexity index is 1060. The van der Waals surface area contributed by atoms with E-state index in [-0.39, 0.29) is 37.1 Å². The molecule has 10 heteroatoms. The first-order valence-electron chi connectivity index (χ1n) is 10.0. The average Bonchev–Trinajstić information content (AvgIpc) is 3.20. The lowest BCUT2D eigenvalue weighted by Gasteiger charge is -2.26. The Kier molecular flexibility index (Phi) is 7.13. The molecule has 1 aliphatic rings. The molecule has 2 aromatic rings. The molecule has 1 fully saturated rings. The van der Waals surface area contributed by atoms with Crippen molar-refractivity contribution in [1.29, 1.82) is 0 Å². The summed E-state index contributed by atoms with van der Waals surface area (Å²) < 4.78 is 17.0. The van der Waals surface area contributed by atoms with Gasteiger partial charge in [-0.15, -0.1) is 0 Å². The zero-order chi connectivity index (χ0) is 22.5. The number of nitrogen functional groups attached to an aromatic ring is 1. The minimum absolute atomic E-state index is 0.0131. The van der Waals surface area contributed by atoms with Gasteiger partial charge < -0.3 is 19.9 Å². The third-order valence-electron chi connectivity index (χ3n) is 5.54. The van der Waals surface area contributed by atoms with Crippen molar-refractivity contribution in [2.75, 3.05) is 46.8 Å². The van der Waals surface area contributed by atoms with Gasteiger partial charge in [0.1, 0.15) is 22.9 Å². The van der Waals surface area contributed by atoms with Crippen LogP contribution < -0.4 is 26.5 Å². The Hall–Kier alpha value is -3.11. The summed E-state index contributed by atoms with van der Waals surface area (Å²) in [4.78, 5) is 41.7. The number of likely N-dealkylation sites (tertiary alicyclic amines) is 1. The first-order valence-corrected chi connectivity index (χ1v) is 10.0. The van der Waals surface area contributed by atoms with Gasteiger partial charge in [0.05, 0.1) is 33.9 Å². The van der Waals surface area contributed by atoms with E-state index in [1.807, 2.05) is 23.1 Å². The van der Waals surface area contributed by atoms with Gasteiger partial charge in [-0.05, 0) is 37.6 Å². The molecule has 1 aliphatic heterocycles. The van der Waals surface area contributed by atoms with Crippen LogP contribution in [0.2, 0.25) is 0 Å². The van der Waals surface area contributed by atoms with Gasteiger partial charge in [-0.25, -0.2) is 4.79 Å². The molecule has 1 aromatic heterocycles. The molecule has 3 rings (SSSR count). The second-order valence-electron chi connectivity index (χ2n) is 7.32. The lowest BCUT2D eigenvalue weighted by Crippen LogP contribution is -2.39. The highest BCUT2D eigenvalue weighted by molar-refractivity contribution is 6.01. The van der Waals surface area contributed by atoms with Crippen LogP contribution in [0.5, 0.6) is 11.5 Å². The number of carbonyl (C=O) groups is 1. The number of benzene rings is 1. The quantitative estimate of drug-likeness (QED) is 0.557. The van der Waals surface area contributed by atoms with Gasteiger partial charge in [-0.1, -0.05) is 0 Å². The van der Waals surface area contributed by atoms with Crippen LogP contribution >= 0.6 is 0 Å². The van der Waals surface area contributed by atoms with Gasteiger partial charge in [-0.2, -0.15) is 0 Å². The lowest BCUT2D eigenvalue weighted by atomic mass is 10.0. The van der Waals surface area contributed by atoms with E-state index in [0.29, 0.717) is 18.0 Å². The van der Waals surface area contributed by atoms with E-state index in [1.54, 1.807) is 14.2 Å². The summed E-state index contributed by atoms with van der Waals surface area (Å²) in [5.74, 6) is 0.805. The molecule has 3 N–H and O–H groups in total. The van der Waals surface area contributed by atoms with E-state index in [4.69, 9.17) is 19.9 Å². The summed E-state index contributed by atoms with van der Waals surface area (Å²) in [5, 5.41) is 0. The van der Waals surface area contributed by atoms with Crippen LogP contribution in [0, 0.1) is 0 Å². The minimum Gasteiger partial charge on any atom is -0.497 e. The molecule has 10 nitrogen and oxygen atoms in total. The monoisotopic (exact) mass is 432 g/mol. The predicted octanol–water partition coefficient (Wildman–Crippen LogP) is 0.802. The number of nitrogens with two attached hydrogens (primary N) is 1. The zero-order valence-electron chi connectivity index (χ0n) is 18.0. The summed E-state index contributed by atoms with van der Waals surface area (Å²) in [6, 6.07) is 5.48. The van der Waals surface area contributed by atoms with E-state index in [0.717, 1.165) is 23.0 Å². The number of carbonyl (C=O) groups excluding carboxylic acids is 1. The number of hydrogen-bond acceptors (Lipinski definition) is 8. The second-order valence-corrected chi connectivity index (χ2v) is 7.32. The number of ether oxygens (including phenoxy) is 3. The van der Waals surface area contributed by atoms with Crippen molar-refractivity contribution in [2.24, 2.45) is 0 Å². The second kappa shape index (κ2) is 9.80. The topological polar surface area (TPSA) is 129 Å². The van der Waals surface area contributed by atoms with Crippen molar-refractivity contribution < 1.29 is 19.0 Å². The molecule has 0 amide bonds. The minimum atomic E-state index is -0.782. The molecular formula is C21H28N4O6. The number of nitrogens with zero attached hydrogens (tertiary/aromatic N) is 2. The summed E-state index contributed by atoms with van der Waals surface area (Å²) in [7, 11) is 4.67. The molecule has 0 spiro atoms. The maximum atomic E-state index is 13.1. The van der Waals surface area contributed by atoms with Gasteiger partial charge in [0.2, 0.25) is 0 Å². The zero-order valence-corrected chi connectivity index (χ0v) is 18.0. The Balaban J connectivity index is 1.90. The average molecular weight is 432 g/mol. The third-order valence-corrected chi connectivity index (χ3v) is 5.54. The largest absolute Gasteiger partial charge is 0.497 e. The Morgan fingerprint density at radius 3 is 2.68 bits per heavy atom. The summed E-state index contributed by atoms with van der Waals surface area (Å²) in [5.41, 5.74) is 5.30. The molecule has 2 heterocycles. The van der Waals surface area contributed by atoms with Crippen molar-refractivity contribution in [3.8, 4) is 11.5 Å². The van der Waals surface area contributed by atoms with Crippen LogP contribution in [-0.4, -0.2) is 61.3 Å². The van der Waals surface area contributed by atoms with Gasteiger partial charge in [-0.3, -0.25) is 24.0 Å². The lowest BCUT2D eigenvalue weighted by molar-refractivity contribution is 0.0919. The number of methoxy groups -OCH3 is 3. The first-order chi connectivity index (χ1) is 14.9. The number of hydrogen-bond donors (Lipinski definition) is 2. The van der Waals surface area contributed by atoms with Crippen LogP contribution in [0.4, 0.5) is 5.82 Å². The van der Waals surface area contributed by atoms with Crippen LogP contribution in [0.3, 0.4) is 0 Å².